The van der Waals surface area contributed by atoms with Gasteiger partial charge in [-0.3, -0.25) is 0 Å². The molecule has 5 aliphatic rings. The largest absolute Gasteiger partial charge is 0.501 e. The van der Waals surface area contributed by atoms with Gasteiger partial charge in [0.05, 0.1) is 17.0 Å². The maximum absolute atomic E-state index is 7.55. The van der Waals surface area contributed by atoms with Crippen LogP contribution < -0.4 is 20.7 Å². The molecule has 2 aliphatic carbocycles. The lowest BCUT2D eigenvalue weighted by Crippen LogP contribution is -2.57. The molecule has 0 radical (unpaired) electrons. The first-order valence-corrected chi connectivity index (χ1v) is 23.7. The van der Waals surface area contributed by atoms with Crippen molar-refractivity contribution in [3.8, 4) is 11.1 Å². The SMILES string of the molecule is Cc1cc2c3c(c1)N(c1ccc(C(C)(C)C)cc1)c1cc4c(cc1B3C1=C(C/C=C3\C(=C/CO1)C(C)(C)CCC3(C)C)N2c1ccccc1-c1ccccc1)C(C)(C)CCC4(C)C. The number of allylic oxidation sites excluding steroid dienone is 3. The van der Waals surface area contributed by atoms with Crippen LogP contribution in [0.5, 0.6) is 0 Å². The molecule has 10 rings (SSSR count). The Bertz CT molecular complexity index is 2750. The summed E-state index contributed by atoms with van der Waals surface area (Å²) in [5, 5.41) is 0. The Morgan fingerprint density at radius 1 is 0.571 bits per heavy atom. The second-order valence-electron chi connectivity index (χ2n) is 23.1. The molecule has 0 saturated heterocycles. The topological polar surface area (TPSA) is 15.7 Å². The van der Waals surface area contributed by atoms with E-state index in [-0.39, 0.29) is 33.8 Å². The van der Waals surface area contributed by atoms with Crippen LogP contribution in [0.3, 0.4) is 0 Å². The van der Waals surface area contributed by atoms with Crippen LogP contribution in [0.1, 0.15) is 131 Å². The number of nitrogens with zero attached hydrogens (tertiary/aromatic N) is 2. The summed E-state index contributed by atoms with van der Waals surface area (Å²) in [6.07, 6.45) is 10.5. The van der Waals surface area contributed by atoms with Crippen LogP contribution in [0.2, 0.25) is 0 Å². The highest BCUT2D eigenvalue weighted by molar-refractivity contribution is 6.94. The van der Waals surface area contributed by atoms with E-state index < -0.39 is 0 Å². The molecule has 0 spiro atoms. The van der Waals surface area contributed by atoms with E-state index in [2.05, 4.69) is 208 Å². The molecular formula is C59H67BN2O. The summed E-state index contributed by atoms with van der Waals surface area (Å²) in [6.45, 7) is 29.3. The van der Waals surface area contributed by atoms with E-state index >= 15 is 0 Å². The standard InChI is InChI=1S/C59H67BN2O/c1-38-34-51-53-52(35-38)62(48-21-17-16-20-42(48)39-18-14-13-15-19-39)49-27-26-43-44(57(7,8)30-29-56(43,5)6)28-33-63-54(49)60(53)47-36-45-46(59(11,12)32-31-58(45,9)10)37-50(47)61(51)41-24-22-40(23-25-41)55(2,3)4/h13-26,28,34-37H,27,29-33H2,1-12H3/b43-26+,44-28+. The Morgan fingerprint density at radius 2 is 1.14 bits per heavy atom. The number of benzene rings is 5. The summed E-state index contributed by atoms with van der Waals surface area (Å²) in [4.78, 5) is 5.22. The Labute approximate surface area is 379 Å². The van der Waals surface area contributed by atoms with E-state index in [0.29, 0.717) is 6.61 Å². The second kappa shape index (κ2) is 14.4. The van der Waals surface area contributed by atoms with Gasteiger partial charge in [-0.2, -0.15) is 0 Å². The number of anilines is 5. The van der Waals surface area contributed by atoms with Crippen molar-refractivity contribution in [2.45, 2.75) is 131 Å². The monoisotopic (exact) mass is 831 g/mol. The molecule has 0 atom stereocenters. The van der Waals surface area contributed by atoms with Gasteiger partial charge in [0, 0.05) is 34.7 Å². The molecule has 3 aliphatic heterocycles. The zero-order valence-corrected chi connectivity index (χ0v) is 40.1. The first-order chi connectivity index (χ1) is 29.8. The molecule has 1 saturated carbocycles. The molecule has 63 heavy (non-hydrogen) atoms. The highest BCUT2D eigenvalue weighted by atomic mass is 16.5. The molecule has 0 bridgehead atoms. The molecule has 0 unspecified atom stereocenters. The Morgan fingerprint density at radius 3 is 1.79 bits per heavy atom. The third kappa shape index (κ3) is 6.76. The molecule has 1 fully saturated rings. The average molecular weight is 831 g/mol. The van der Waals surface area contributed by atoms with Crippen molar-refractivity contribution in [1.29, 1.82) is 0 Å². The van der Waals surface area contributed by atoms with Crippen LogP contribution in [0, 0.1) is 17.8 Å². The first-order valence-electron chi connectivity index (χ1n) is 23.7. The Balaban J connectivity index is 1.31. The predicted octanol–water partition coefficient (Wildman–Crippen LogP) is 14.7. The Hall–Kier alpha value is -5.22. The highest BCUT2D eigenvalue weighted by Crippen LogP contribution is 2.55. The van der Waals surface area contributed by atoms with Crippen LogP contribution in [0.4, 0.5) is 28.4 Å². The van der Waals surface area contributed by atoms with Gasteiger partial charge in [-0.05, 0) is 152 Å². The van der Waals surface area contributed by atoms with E-state index in [4.69, 9.17) is 4.74 Å². The smallest absolute Gasteiger partial charge is 0.295 e. The van der Waals surface area contributed by atoms with Crippen LogP contribution in [-0.4, -0.2) is 13.3 Å². The normalized spacial score (nSPS) is 22.0. The average Bonchev–Trinajstić information content (AvgIpc) is 3.34. The lowest BCUT2D eigenvalue weighted by molar-refractivity contribution is 0.246. The lowest BCUT2D eigenvalue weighted by atomic mass is 9.35. The van der Waals surface area contributed by atoms with E-state index in [1.54, 1.807) is 0 Å². The number of aryl methyl sites for hydroxylation is 1. The van der Waals surface area contributed by atoms with E-state index in [9.17, 15) is 0 Å². The lowest BCUT2D eigenvalue weighted by Gasteiger charge is -2.47. The van der Waals surface area contributed by atoms with Gasteiger partial charge in [0.1, 0.15) is 6.61 Å². The van der Waals surface area contributed by atoms with Gasteiger partial charge in [-0.1, -0.05) is 149 Å². The number of hydrogen-bond acceptors (Lipinski definition) is 3. The van der Waals surface area contributed by atoms with E-state index in [1.165, 1.54) is 109 Å². The number of hydrogen-bond donors (Lipinski definition) is 0. The second-order valence-corrected chi connectivity index (χ2v) is 23.1. The number of rotatable bonds is 3. The third-order valence-corrected chi connectivity index (χ3v) is 15.8. The molecule has 5 aromatic carbocycles. The van der Waals surface area contributed by atoms with Crippen molar-refractivity contribution in [3.63, 3.8) is 0 Å². The maximum atomic E-state index is 7.55. The molecule has 322 valence electrons. The van der Waals surface area contributed by atoms with Crippen molar-refractivity contribution in [3.05, 3.63) is 160 Å². The van der Waals surface area contributed by atoms with Gasteiger partial charge in [-0.15, -0.1) is 0 Å². The molecule has 0 N–H and O–H groups in total. The van der Waals surface area contributed by atoms with Crippen molar-refractivity contribution in [2.24, 2.45) is 10.8 Å². The molecule has 0 amide bonds. The van der Waals surface area contributed by atoms with Crippen molar-refractivity contribution >= 4 is 46.1 Å². The maximum Gasteiger partial charge on any atom is 0.295 e. The molecular weight excluding hydrogens is 763 g/mol. The van der Waals surface area contributed by atoms with Gasteiger partial charge in [0.15, 0.2) is 0 Å². The minimum Gasteiger partial charge on any atom is -0.501 e. The van der Waals surface area contributed by atoms with Gasteiger partial charge in [-0.25, -0.2) is 0 Å². The number of fused-ring (bicyclic) bond motifs is 5. The summed E-state index contributed by atoms with van der Waals surface area (Å²) in [7, 11) is 0. The van der Waals surface area contributed by atoms with Crippen LogP contribution >= 0.6 is 0 Å². The van der Waals surface area contributed by atoms with Crippen molar-refractivity contribution in [2.75, 3.05) is 16.4 Å². The summed E-state index contributed by atoms with van der Waals surface area (Å²) in [5.41, 5.74) is 22.3. The van der Waals surface area contributed by atoms with Gasteiger partial charge < -0.3 is 14.5 Å². The molecule has 3 nitrogen and oxygen atoms in total. The fourth-order valence-electron chi connectivity index (χ4n) is 11.8. The summed E-state index contributed by atoms with van der Waals surface area (Å²) < 4.78 is 7.55. The molecule has 3 heterocycles. The van der Waals surface area contributed by atoms with Gasteiger partial charge >= 0.3 is 0 Å². The molecule has 5 aromatic rings. The van der Waals surface area contributed by atoms with Gasteiger partial charge in [0.2, 0.25) is 0 Å². The van der Waals surface area contributed by atoms with Crippen molar-refractivity contribution in [1.82, 2.24) is 0 Å². The van der Waals surface area contributed by atoms with E-state index in [0.717, 1.165) is 18.5 Å². The Kier molecular flexibility index (Phi) is 9.55. The van der Waals surface area contributed by atoms with Crippen LogP contribution in [0.15, 0.2) is 138 Å². The first kappa shape index (κ1) is 41.8. The molecule has 4 heteroatoms. The fraction of sp³-hybridized carbons (Fsp3) is 0.390. The summed E-state index contributed by atoms with van der Waals surface area (Å²) in [5.74, 6) is 0. The molecule has 0 aromatic heterocycles. The van der Waals surface area contributed by atoms with Crippen LogP contribution in [0.25, 0.3) is 11.1 Å². The fourth-order valence-corrected chi connectivity index (χ4v) is 11.8. The van der Waals surface area contributed by atoms with Crippen molar-refractivity contribution < 1.29 is 4.74 Å². The summed E-state index contributed by atoms with van der Waals surface area (Å²) in [6, 6.07) is 39.6. The van der Waals surface area contributed by atoms with E-state index in [1.807, 2.05) is 0 Å². The summed E-state index contributed by atoms with van der Waals surface area (Å²) >= 11 is 0. The predicted molar refractivity (Wildman–Crippen MR) is 269 cm³/mol. The van der Waals surface area contributed by atoms with Gasteiger partial charge in [0.25, 0.3) is 6.71 Å². The number of ether oxygens (including phenoxy) is 1. The van der Waals surface area contributed by atoms with Crippen LogP contribution in [-0.2, 0) is 21.0 Å². The minimum atomic E-state index is -0.0880. The quantitative estimate of drug-likeness (QED) is 0.169. The zero-order chi connectivity index (χ0) is 44.4. The number of para-hydroxylation sites is 1. The third-order valence-electron chi connectivity index (χ3n) is 15.8. The highest BCUT2D eigenvalue weighted by Gasteiger charge is 2.49. The zero-order valence-electron chi connectivity index (χ0n) is 40.1. The minimum absolute atomic E-state index is 0.0446.